The standard InChI is InChI=1S/C12H18BN3O/c1-4-12(14-9-10(2)13)16-7-5-15(6-8-16)11(3)17/h4,9H,2,5-8H2,1,3H3/b12-4+,14-9-. The van der Waals surface area contributed by atoms with Crippen LogP contribution in [-0.4, -0.2) is 55.9 Å². The fourth-order valence-electron chi connectivity index (χ4n) is 1.74. The molecular formula is C12H18BN3O. The summed E-state index contributed by atoms with van der Waals surface area (Å²) in [7, 11) is 5.44. The fourth-order valence-corrected chi connectivity index (χ4v) is 1.74. The van der Waals surface area contributed by atoms with Crippen molar-refractivity contribution in [2.24, 2.45) is 4.99 Å². The Morgan fingerprint density at radius 3 is 2.24 bits per heavy atom. The summed E-state index contributed by atoms with van der Waals surface area (Å²) >= 11 is 0. The zero-order valence-corrected chi connectivity index (χ0v) is 10.5. The van der Waals surface area contributed by atoms with Crippen molar-refractivity contribution in [3.05, 3.63) is 23.9 Å². The molecule has 0 bridgehead atoms. The third-order valence-corrected chi connectivity index (χ3v) is 2.67. The number of carbonyl (C=O) groups is 1. The van der Waals surface area contributed by atoms with Gasteiger partial charge in [-0.15, -0.1) is 6.58 Å². The number of rotatable bonds is 3. The van der Waals surface area contributed by atoms with Crippen LogP contribution in [0.4, 0.5) is 0 Å². The minimum Gasteiger partial charge on any atom is -0.353 e. The lowest BCUT2D eigenvalue weighted by Crippen LogP contribution is -2.47. The lowest BCUT2D eigenvalue weighted by atomic mass is 10.00. The SMILES string of the molecule is [B]C(=C)/C=N\C(=C/C)N1CCN(C(C)=O)CC1. The summed E-state index contributed by atoms with van der Waals surface area (Å²) in [5.74, 6) is 1.00. The summed E-state index contributed by atoms with van der Waals surface area (Å²) in [6.45, 7) is 10.2. The molecule has 0 N–H and O–H groups in total. The van der Waals surface area contributed by atoms with E-state index in [4.69, 9.17) is 7.85 Å². The van der Waals surface area contributed by atoms with Crippen molar-refractivity contribution < 1.29 is 4.79 Å². The molecule has 0 saturated carbocycles. The van der Waals surface area contributed by atoms with E-state index in [1.54, 1.807) is 13.1 Å². The van der Waals surface area contributed by atoms with Crippen LogP contribution in [0.3, 0.4) is 0 Å². The molecule has 0 aromatic carbocycles. The Morgan fingerprint density at radius 1 is 1.29 bits per heavy atom. The van der Waals surface area contributed by atoms with Crippen molar-refractivity contribution >= 4 is 20.0 Å². The molecule has 0 atom stereocenters. The van der Waals surface area contributed by atoms with Crippen molar-refractivity contribution in [1.82, 2.24) is 9.80 Å². The summed E-state index contributed by atoms with van der Waals surface area (Å²) in [5, 5.41) is 0. The highest BCUT2D eigenvalue weighted by Gasteiger charge is 2.19. The first kappa shape index (κ1) is 13.5. The van der Waals surface area contributed by atoms with Crippen LogP contribution in [0.2, 0.25) is 0 Å². The lowest BCUT2D eigenvalue weighted by Gasteiger charge is -2.35. The van der Waals surface area contributed by atoms with Gasteiger partial charge in [-0.2, -0.15) is 0 Å². The first-order chi connectivity index (χ1) is 8.04. The van der Waals surface area contributed by atoms with Gasteiger partial charge in [-0.05, 0) is 13.0 Å². The molecule has 0 spiro atoms. The van der Waals surface area contributed by atoms with Crippen LogP contribution < -0.4 is 0 Å². The molecule has 1 heterocycles. The van der Waals surface area contributed by atoms with Crippen LogP contribution >= 0.6 is 0 Å². The van der Waals surface area contributed by atoms with Crippen molar-refractivity contribution in [2.75, 3.05) is 26.2 Å². The van der Waals surface area contributed by atoms with E-state index in [1.807, 2.05) is 17.9 Å². The first-order valence-corrected chi connectivity index (χ1v) is 5.69. The molecule has 0 aromatic heterocycles. The Hall–Kier alpha value is -1.52. The van der Waals surface area contributed by atoms with Gasteiger partial charge in [-0.25, -0.2) is 4.99 Å². The van der Waals surface area contributed by atoms with Gasteiger partial charge in [0.15, 0.2) is 0 Å². The Balaban J connectivity index is 2.57. The maximum atomic E-state index is 11.2. The minimum absolute atomic E-state index is 0.130. The lowest BCUT2D eigenvalue weighted by molar-refractivity contribution is -0.130. The molecule has 17 heavy (non-hydrogen) atoms. The number of hydrogen-bond donors (Lipinski definition) is 0. The number of carbonyl (C=O) groups excluding carboxylic acids is 1. The van der Waals surface area contributed by atoms with Crippen molar-refractivity contribution in [3.8, 4) is 0 Å². The Kier molecular flexibility index (Phi) is 5.00. The maximum absolute atomic E-state index is 11.2. The Morgan fingerprint density at radius 2 is 1.82 bits per heavy atom. The van der Waals surface area contributed by atoms with Gasteiger partial charge in [0.25, 0.3) is 0 Å². The molecule has 4 nitrogen and oxygen atoms in total. The molecule has 90 valence electrons. The molecular weight excluding hydrogens is 213 g/mol. The number of nitrogens with zero attached hydrogens (tertiary/aromatic N) is 3. The summed E-state index contributed by atoms with van der Waals surface area (Å²) in [6, 6.07) is 0. The van der Waals surface area contributed by atoms with Crippen LogP contribution in [0.25, 0.3) is 0 Å². The second-order valence-electron chi connectivity index (χ2n) is 3.97. The molecule has 1 aliphatic heterocycles. The number of aliphatic imine (C=N–C) groups is 1. The maximum Gasteiger partial charge on any atom is 0.219 e. The van der Waals surface area contributed by atoms with Crippen LogP contribution in [0.15, 0.2) is 28.9 Å². The van der Waals surface area contributed by atoms with Gasteiger partial charge in [0, 0.05) is 39.3 Å². The van der Waals surface area contributed by atoms with E-state index in [9.17, 15) is 4.79 Å². The molecule has 1 fully saturated rings. The van der Waals surface area contributed by atoms with Crippen LogP contribution in [-0.2, 0) is 4.79 Å². The molecule has 1 amide bonds. The first-order valence-electron chi connectivity index (χ1n) is 5.69. The number of piperazine rings is 1. The predicted molar refractivity (Wildman–Crippen MR) is 71.0 cm³/mol. The smallest absolute Gasteiger partial charge is 0.219 e. The second kappa shape index (κ2) is 6.28. The molecule has 2 radical (unpaired) electrons. The molecule has 1 aliphatic rings. The topological polar surface area (TPSA) is 35.9 Å². The van der Waals surface area contributed by atoms with E-state index in [1.165, 1.54) is 0 Å². The van der Waals surface area contributed by atoms with Crippen molar-refractivity contribution in [2.45, 2.75) is 13.8 Å². The summed E-state index contributed by atoms with van der Waals surface area (Å²) in [6.07, 6.45) is 3.48. The van der Waals surface area contributed by atoms with Gasteiger partial charge >= 0.3 is 0 Å². The minimum atomic E-state index is 0.130. The highest BCUT2D eigenvalue weighted by atomic mass is 16.2. The third-order valence-electron chi connectivity index (χ3n) is 2.67. The third kappa shape index (κ3) is 4.09. The molecule has 0 aliphatic carbocycles. The van der Waals surface area contributed by atoms with E-state index in [-0.39, 0.29) is 5.91 Å². The number of allylic oxidation sites excluding steroid dienone is 2. The summed E-state index contributed by atoms with van der Waals surface area (Å²) < 4.78 is 0. The van der Waals surface area contributed by atoms with Crippen LogP contribution in [0.1, 0.15) is 13.8 Å². The van der Waals surface area contributed by atoms with Crippen molar-refractivity contribution in [3.63, 3.8) is 0 Å². The average molecular weight is 231 g/mol. The van der Waals surface area contributed by atoms with Crippen molar-refractivity contribution in [1.29, 1.82) is 0 Å². The summed E-state index contributed by atoms with van der Waals surface area (Å²) in [5.41, 5.74) is 0.437. The predicted octanol–water partition coefficient (Wildman–Crippen LogP) is 0.765. The van der Waals surface area contributed by atoms with E-state index < -0.39 is 0 Å². The zero-order valence-electron chi connectivity index (χ0n) is 10.5. The summed E-state index contributed by atoms with van der Waals surface area (Å²) in [4.78, 5) is 19.4. The van der Waals surface area contributed by atoms with Gasteiger partial charge < -0.3 is 9.80 Å². The second-order valence-corrected chi connectivity index (χ2v) is 3.97. The van der Waals surface area contributed by atoms with Gasteiger partial charge in [-0.1, -0.05) is 5.47 Å². The van der Waals surface area contributed by atoms with Gasteiger partial charge in [-0.3, -0.25) is 4.79 Å². The largest absolute Gasteiger partial charge is 0.353 e. The molecule has 0 unspecified atom stereocenters. The highest BCUT2D eigenvalue weighted by Crippen LogP contribution is 2.10. The van der Waals surface area contributed by atoms with E-state index in [0.29, 0.717) is 5.47 Å². The van der Waals surface area contributed by atoms with Crippen LogP contribution in [0.5, 0.6) is 0 Å². The molecule has 0 aromatic rings. The molecule has 1 rings (SSSR count). The molecule has 1 saturated heterocycles. The number of hydrogen-bond acceptors (Lipinski definition) is 3. The Labute approximate surface area is 104 Å². The van der Waals surface area contributed by atoms with E-state index in [2.05, 4.69) is 16.5 Å². The molecule has 5 heteroatoms. The van der Waals surface area contributed by atoms with E-state index >= 15 is 0 Å². The van der Waals surface area contributed by atoms with Gasteiger partial charge in [0.2, 0.25) is 5.91 Å². The van der Waals surface area contributed by atoms with E-state index in [0.717, 1.165) is 32.0 Å². The monoisotopic (exact) mass is 231 g/mol. The van der Waals surface area contributed by atoms with Gasteiger partial charge in [0.05, 0.1) is 0 Å². The Bertz CT molecular complexity index is 355. The highest BCUT2D eigenvalue weighted by molar-refractivity contribution is 6.32. The average Bonchev–Trinajstić information content (AvgIpc) is 2.30. The fraction of sp³-hybridized carbons (Fsp3) is 0.500. The quantitative estimate of drug-likeness (QED) is 0.531. The van der Waals surface area contributed by atoms with Gasteiger partial charge in [0.1, 0.15) is 13.7 Å². The zero-order chi connectivity index (χ0) is 12.8. The van der Waals surface area contributed by atoms with Crippen LogP contribution in [0, 0.1) is 0 Å². The number of amides is 1. The normalized spacial score (nSPS) is 17.6.